The summed E-state index contributed by atoms with van der Waals surface area (Å²) in [4.78, 5) is 4.30. The van der Waals surface area contributed by atoms with Crippen molar-refractivity contribution in [3.05, 3.63) is 59.5 Å². The van der Waals surface area contributed by atoms with E-state index in [1.54, 1.807) is 58.9 Å². The summed E-state index contributed by atoms with van der Waals surface area (Å²) in [5.74, 6) is 0.893. The van der Waals surface area contributed by atoms with E-state index >= 15 is 0 Å². The molecule has 1 atom stereocenters. The first-order valence-electron chi connectivity index (χ1n) is 13.2. The van der Waals surface area contributed by atoms with E-state index in [9.17, 15) is 8.42 Å². The third kappa shape index (κ3) is 6.94. The molecular formula is C27H36ClN7O5SSi. The molecule has 12 nitrogen and oxygen atoms in total. The molecule has 42 heavy (non-hydrogen) atoms. The second-order valence-electron chi connectivity index (χ2n) is 10.8. The highest BCUT2D eigenvalue weighted by Gasteiger charge is 2.35. The molecule has 0 radical (unpaired) electrons. The molecule has 0 spiro atoms. The van der Waals surface area contributed by atoms with Crippen molar-refractivity contribution >= 4 is 35.6 Å². The van der Waals surface area contributed by atoms with Gasteiger partial charge in [0.2, 0.25) is 16.0 Å². The van der Waals surface area contributed by atoms with Gasteiger partial charge in [-0.05, 0) is 36.4 Å². The largest absolute Gasteiger partial charge is 0.494 e. The summed E-state index contributed by atoms with van der Waals surface area (Å²) in [6, 6.07) is 11.1. The van der Waals surface area contributed by atoms with Crippen molar-refractivity contribution in [2.45, 2.75) is 31.8 Å². The fourth-order valence-electron chi connectivity index (χ4n) is 4.33. The molecule has 3 aromatic heterocycles. The van der Waals surface area contributed by atoms with Gasteiger partial charge in [-0.3, -0.25) is 14.2 Å². The van der Waals surface area contributed by atoms with Gasteiger partial charge in [-0.25, -0.2) is 12.7 Å². The van der Waals surface area contributed by atoms with Gasteiger partial charge in [-0.2, -0.15) is 5.10 Å². The summed E-state index contributed by atoms with van der Waals surface area (Å²) >= 11 is 6.02. The highest BCUT2D eigenvalue weighted by atomic mass is 35.5. The second kappa shape index (κ2) is 12.8. The van der Waals surface area contributed by atoms with E-state index in [1.165, 1.54) is 31.8 Å². The number of halogens is 1. The van der Waals surface area contributed by atoms with Crippen LogP contribution in [-0.4, -0.2) is 79.6 Å². The molecule has 0 saturated heterocycles. The van der Waals surface area contributed by atoms with Gasteiger partial charge >= 0.3 is 0 Å². The third-order valence-corrected chi connectivity index (χ3v) is 10.3. The molecule has 0 bridgehead atoms. The van der Waals surface area contributed by atoms with Gasteiger partial charge in [0.15, 0.2) is 5.82 Å². The van der Waals surface area contributed by atoms with Gasteiger partial charge in [0.05, 0.1) is 24.9 Å². The molecule has 0 N–H and O–H groups in total. The molecule has 1 aromatic carbocycles. The smallest absolute Gasteiger partial charge is 0.246 e. The molecule has 1 unspecified atom stereocenters. The van der Waals surface area contributed by atoms with Gasteiger partial charge in [0.25, 0.3) is 0 Å². The quantitative estimate of drug-likeness (QED) is 0.194. The van der Waals surface area contributed by atoms with Crippen LogP contribution in [0.15, 0.2) is 48.8 Å². The monoisotopic (exact) mass is 633 g/mol. The van der Waals surface area contributed by atoms with Crippen LogP contribution in [0.4, 0.5) is 5.95 Å². The van der Waals surface area contributed by atoms with E-state index in [0.717, 1.165) is 0 Å². The van der Waals surface area contributed by atoms with Crippen LogP contribution >= 0.6 is 11.6 Å². The number of hydrogen-bond donors (Lipinski definition) is 0. The number of aryl methyl sites for hydroxylation is 1. The number of sulfonamides is 1. The number of rotatable bonds is 13. The number of ether oxygens (including phenoxy) is 3. The van der Waals surface area contributed by atoms with Gasteiger partial charge in [0.1, 0.15) is 34.7 Å². The third-order valence-electron chi connectivity index (χ3n) is 6.56. The summed E-state index contributed by atoms with van der Waals surface area (Å²) in [6.07, 6.45) is 2.38. The average Bonchev–Trinajstić information content (AvgIpc) is 3.57. The molecule has 3 heterocycles. The van der Waals surface area contributed by atoms with Crippen molar-refractivity contribution in [2.24, 2.45) is 7.05 Å². The zero-order chi connectivity index (χ0) is 30.7. The highest BCUT2D eigenvalue weighted by Crippen LogP contribution is 2.39. The van der Waals surface area contributed by atoms with Crippen molar-refractivity contribution in [2.75, 3.05) is 37.9 Å². The average molecular weight is 634 g/mol. The van der Waals surface area contributed by atoms with Crippen LogP contribution in [0.5, 0.6) is 11.5 Å². The number of nitrogens with zero attached hydrogens (tertiary/aromatic N) is 7. The Morgan fingerprint density at radius 1 is 1.02 bits per heavy atom. The predicted molar refractivity (Wildman–Crippen MR) is 165 cm³/mol. The Kier molecular flexibility index (Phi) is 9.60. The summed E-state index contributed by atoms with van der Waals surface area (Å²) in [5.41, 5.74) is 1.38. The maximum atomic E-state index is 14.3. The fourth-order valence-corrected chi connectivity index (χ4v) is 7.10. The Labute approximate surface area is 252 Å². The van der Waals surface area contributed by atoms with Crippen molar-refractivity contribution in [1.82, 2.24) is 29.5 Å². The minimum atomic E-state index is -4.07. The van der Waals surface area contributed by atoms with Crippen LogP contribution in [0.3, 0.4) is 0 Å². The number of pyridine rings is 1. The molecule has 4 rings (SSSR count). The Balaban J connectivity index is 1.94. The van der Waals surface area contributed by atoms with Gasteiger partial charge < -0.3 is 14.2 Å². The number of methoxy groups -OCH3 is 3. The number of para-hydroxylation sites is 1. The molecule has 226 valence electrons. The number of hydrogen-bond acceptors (Lipinski definition) is 9. The van der Waals surface area contributed by atoms with Crippen molar-refractivity contribution in [1.29, 1.82) is 0 Å². The first kappa shape index (κ1) is 31.5. The lowest BCUT2D eigenvalue weighted by atomic mass is 10.2. The van der Waals surface area contributed by atoms with E-state index in [1.807, 2.05) is 0 Å². The predicted octanol–water partition coefficient (Wildman–Crippen LogP) is 4.60. The second-order valence-corrected chi connectivity index (χ2v) is 18.8. The van der Waals surface area contributed by atoms with Crippen LogP contribution in [0.1, 0.15) is 11.8 Å². The zero-order valence-electron chi connectivity index (χ0n) is 24.8. The lowest BCUT2D eigenvalue weighted by molar-refractivity contribution is 0.118. The Bertz CT molecular complexity index is 1600. The topological polar surface area (TPSA) is 126 Å². The summed E-state index contributed by atoms with van der Waals surface area (Å²) in [6.45, 7) is 6.72. The van der Waals surface area contributed by atoms with Crippen molar-refractivity contribution in [3.63, 3.8) is 0 Å². The summed E-state index contributed by atoms with van der Waals surface area (Å²) < 4.78 is 50.3. The lowest BCUT2D eigenvalue weighted by Gasteiger charge is -2.28. The minimum Gasteiger partial charge on any atom is -0.494 e. The van der Waals surface area contributed by atoms with Gasteiger partial charge in [-0.1, -0.05) is 37.3 Å². The van der Waals surface area contributed by atoms with Crippen molar-refractivity contribution in [3.8, 4) is 28.7 Å². The molecule has 0 fully saturated rings. The molecule has 0 aliphatic heterocycles. The first-order valence-corrected chi connectivity index (χ1v) is 18.9. The molecular weight excluding hydrogens is 598 g/mol. The molecule has 15 heteroatoms. The molecule has 0 aliphatic carbocycles. The van der Waals surface area contributed by atoms with Gasteiger partial charge in [-0.15, -0.1) is 10.2 Å². The summed E-state index contributed by atoms with van der Waals surface area (Å²) in [5, 5.41) is 13.9. The Morgan fingerprint density at radius 2 is 1.71 bits per heavy atom. The minimum absolute atomic E-state index is 0.0793. The van der Waals surface area contributed by atoms with Crippen LogP contribution in [0.25, 0.3) is 17.2 Å². The van der Waals surface area contributed by atoms with E-state index < -0.39 is 30.0 Å². The molecule has 0 saturated carbocycles. The first-order chi connectivity index (χ1) is 19.9. The number of anilines is 1. The van der Waals surface area contributed by atoms with Crippen LogP contribution in [0.2, 0.25) is 30.7 Å². The maximum absolute atomic E-state index is 14.3. The van der Waals surface area contributed by atoms with Crippen LogP contribution in [0, 0.1) is 0 Å². The van der Waals surface area contributed by atoms with Gasteiger partial charge in [0, 0.05) is 41.2 Å². The lowest BCUT2D eigenvalue weighted by Crippen LogP contribution is -2.40. The normalized spacial score (nSPS) is 12.8. The number of aromatic nitrogens is 6. The fraction of sp³-hybridized carbons (Fsp3) is 0.407. The van der Waals surface area contributed by atoms with Crippen LogP contribution < -0.4 is 13.8 Å². The zero-order valence-corrected chi connectivity index (χ0v) is 27.3. The highest BCUT2D eigenvalue weighted by molar-refractivity contribution is 7.92. The standard InChI is InChI=1S/C27H36ClN7O5SSi/c1-33-14-13-21(32-33)26-30-31-27(35(26)25-22(38-2)9-8-10-23(25)39-3)34(15-16-42(5,6)7)41(36,37)18-24(40-4)20-12-11-19(28)17-29-20/h8-14,17,24H,15-16,18H2,1-7H3. The SMILES string of the molecule is COc1cccc(OC)c1-n1c(-c2ccn(C)n2)nnc1N(CC[Si](C)(C)C)S(=O)(=O)CC(OC)c1ccc(Cl)cn1. The van der Waals surface area contributed by atoms with E-state index in [4.69, 9.17) is 25.8 Å². The Morgan fingerprint density at radius 3 is 2.24 bits per heavy atom. The van der Waals surface area contributed by atoms with E-state index in [0.29, 0.717) is 45.5 Å². The maximum Gasteiger partial charge on any atom is 0.246 e. The molecule has 0 amide bonds. The Hall–Kier alpha value is -3.46. The van der Waals surface area contributed by atoms with Crippen LogP contribution in [-0.2, 0) is 21.8 Å². The van der Waals surface area contributed by atoms with E-state index in [-0.39, 0.29) is 12.5 Å². The summed E-state index contributed by atoms with van der Waals surface area (Å²) in [7, 11) is 0.504. The number of benzene rings is 1. The van der Waals surface area contributed by atoms with Crippen molar-refractivity contribution < 1.29 is 22.6 Å². The molecule has 0 aliphatic rings. The molecule has 4 aromatic rings. The van der Waals surface area contributed by atoms with E-state index in [2.05, 4.69) is 39.9 Å².